The summed E-state index contributed by atoms with van der Waals surface area (Å²) in [4.78, 5) is 0. The minimum absolute atomic E-state index is 0.222. The Labute approximate surface area is 66.6 Å². The van der Waals surface area contributed by atoms with Gasteiger partial charge in [0.1, 0.15) is 0 Å². The average Bonchev–Trinajstić information content (AvgIpc) is 1.93. The van der Waals surface area contributed by atoms with E-state index in [4.69, 9.17) is 11.1 Å². The van der Waals surface area contributed by atoms with Gasteiger partial charge in [-0.2, -0.15) is 0 Å². The number of nitrogens with one attached hydrogen (secondary N) is 1. The maximum atomic E-state index is 7.11. The third kappa shape index (κ3) is 2.08. The van der Waals surface area contributed by atoms with Gasteiger partial charge in [0.2, 0.25) is 0 Å². The van der Waals surface area contributed by atoms with Crippen LogP contribution >= 0.6 is 0 Å². The second-order valence-electron chi connectivity index (χ2n) is 2.63. The van der Waals surface area contributed by atoms with Crippen LogP contribution < -0.4 is 5.73 Å². The zero-order chi connectivity index (χ0) is 8.27. The van der Waals surface area contributed by atoms with E-state index in [0.717, 1.165) is 5.56 Å². The lowest BCUT2D eigenvalue weighted by Gasteiger charge is -2.02. The molecular formula is C9H12N2. The van der Waals surface area contributed by atoms with Crippen LogP contribution in [0.1, 0.15) is 11.1 Å². The highest BCUT2D eigenvalue weighted by molar-refractivity contribution is 5.79. The highest BCUT2D eigenvalue weighted by Crippen LogP contribution is 2.06. The zero-order valence-electron chi connectivity index (χ0n) is 6.59. The van der Waals surface area contributed by atoms with Crippen LogP contribution in [0, 0.1) is 12.3 Å². The Morgan fingerprint density at radius 3 is 2.64 bits per heavy atom. The SMILES string of the molecule is Cc1ccccc1CC(=N)N. The number of rotatable bonds is 2. The van der Waals surface area contributed by atoms with Crippen molar-refractivity contribution in [1.29, 1.82) is 5.41 Å². The Morgan fingerprint density at radius 2 is 2.09 bits per heavy atom. The first-order valence-corrected chi connectivity index (χ1v) is 3.57. The van der Waals surface area contributed by atoms with Gasteiger partial charge in [0.15, 0.2) is 0 Å². The third-order valence-electron chi connectivity index (χ3n) is 1.64. The van der Waals surface area contributed by atoms with Crippen molar-refractivity contribution in [2.24, 2.45) is 5.73 Å². The molecule has 1 aromatic rings. The van der Waals surface area contributed by atoms with Crippen molar-refractivity contribution in [3.8, 4) is 0 Å². The second kappa shape index (κ2) is 3.19. The number of amidine groups is 1. The Morgan fingerprint density at radius 1 is 1.45 bits per heavy atom. The lowest BCUT2D eigenvalue weighted by molar-refractivity contribution is 1.21. The van der Waals surface area contributed by atoms with Crippen molar-refractivity contribution >= 4 is 5.84 Å². The lowest BCUT2D eigenvalue weighted by Crippen LogP contribution is -2.13. The summed E-state index contributed by atoms with van der Waals surface area (Å²) in [6.45, 7) is 2.03. The van der Waals surface area contributed by atoms with Gasteiger partial charge in [-0.1, -0.05) is 24.3 Å². The molecule has 0 aliphatic heterocycles. The number of hydrogen-bond acceptors (Lipinski definition) is 1. The van der Waals surface area contributed by atoms with Gasteiger partial charge in [-0.3, -0.25) is 5.41 Å². The van der Waals surface area contributed by atoms with Crippen molar-refractivity contribution in [1.82, 2.24) is 0 Å². The summed E-state index contributed by atoms with van der Waals surface area (Å²) in [6.07, 6.45) is 0.562. The molecule has 0 saturated heterocycles. The molecule has 0 bridgehead atoms. The number of benzene rings is 1. The van der Waals surface area contributed by atoms with Crippen LogP contribution in [0.2, 0.25) is 0 Å². The van der Waals surface area contributed by atoms with Gasteiger partial charge in [-0.25, -0.2) is 0 Å². The summed E-state index contributed by atoms with van der Waals surface area (Å²) in [7, 11) is 0. The maximum Gasteiger partial charge on any atom is 0.0950 e. The van der Waals surface area contributed by atoms with Crippen molar-refractivity contribution in [2.75, 3.05) is 0 Å². The van der Waals surface area contributed by atoms with Crippen LogP contribution in [0.3, 0.4) is 0 Å². The van der Waals surface area contributed by atoms with Crippen molar-refractivity contribution in [3.05, 3.63) is 35.4 Å². The number of nitrogens with two attached hydrogens (primary N) is 1. The molecule has 1 aromatic carbocycles. The van der Waals surface area contributed by atoms with E-state index in [0.29, 0.717) is 6.42 Å². The summed E-state index contributed by atoms with van der Waals surface area (Å²) in [6, 6.07) is 7.97. The van der Waals surface area contributed by atoms with E-state index in [9.17, 15) is 0 Å². The first-order valence-electron chi connectivity index (χ1n) is 3.57. The van der Waals surface area contributed by atoms with Crippen LogP contribution in [0.25, 0.3) is 0 Å². The molecule has 3 N–H and O–H groups in total. The van der Waals surface area contributed by atoms with Gasteiger partial charge in [-0.05, 0) is 18.1 Å². The lowest BCUT2D eigenvalue weighted by atomic mass is 10.1. The molecule has 0 fully saturated rings. The first kappa shape index (κ1) is 7.79. The predicted molar refractivity (Wildman–Crippen MR) is 46.8 cm³/mol. The van der Waals surface area contributed by atoms with E-state index in [1.807, 2.05) is 31.2 Å². The second-order valence-corrected chi connectivity index (χ2v) is 2.63. The van der Waals surface area contributed by atoms with E-state index in [2.05, 4.69) is 0 Å². The minimum atomic E-state index is 0.222. The molecule has 0 amide bonds. The van der Waals surface area contributed by atoms with Gasteiger partial charge in [-0.15, -0.1) is 0 Å². The molecule has 2 heteroatoms. The first-order chi connectivity index (χ1) is 5.20. The smallest absolute Gasteiger partial charge is 0.0950 e. The molecule has 1 rings (SSSR count). The molecule has 0 spiro atoms. The number of aryl methyl sites for hydroxylation is 1. The molecular weight excluding hydrogens is 136 g/mol. The normalized spacial score (nSPS) is 9.55. The summed E-state index contributed by atoms with van der Waals surface area (Å²) in [5.74, 6) is 0.222. The predicted octanol–water partition coefficient (Wildman–Crippen LogP) is 1.47. The van der Waals surface area contributed by atoms with Gasteiger partial charge in [0, 0.05) is 6.42 Å². The van der Waals surface area contributed by atoms with Gasteiger partial charge in [0.05, 0.1) is 5.84 Å². The van der Waals surface area contributed by atoms with Gasteiger partial charge < -0.3 is 5.73 Å². The minimum Gasteiger partial charge on any atom is -0.387 e. The van der Waals surface area contributed by atoms with E-state index in [1.54, 1.807) is 0 Å². The van der Waals surface area contributed by atoms with Crippen LogP contribution in [-0.4, -0.2) is 5.84 Å². The monoisotopic (exact) mass is 148 g/mol. The fourth-order valence-electron chi connectivity index (χ4n) is 1.01. The van der Waals surface area contributed by atoms with Crippen LogP contribution in [0.15, 0.2) is 24.3 Å². The van der Waals surface area contributed by atoms with Crippen molar-refractivity contribution in [2.45, 2.75) is 13.3 Å². The van der Waals surface area contributed by atoms with Crippen molar-refractivity contribution < 1.29 is 0 Å². The largest absolute Gasteiger partial charge is 0.387 e. The van der Waals surface area contributed by atoms with Gasteiger partial charge >= 0.3 is 0 Å². The fraction of sp³-hybridized carbons (Fsp3) is 0.222. The van der Waals surface area contributed by atoms with E-state index in [-0.39, 0.29) is 5.84 Å². The molecule has 2 nitrogen and oxygen atoms in total. The highest BCUT2D eigenvalue weighted by Gasteiger charge is 1.96. The van der Waals surface area contributed by atoms with Crippen LogP contribution in [0.4, 0.5) is 0 Å². The molecule has 0 aromatic heterocycles. The molecule has 0 unspecified atom stereocenters. The Kier molecular flexibility index (Phi) is 2.26. The van der Waals surface area contributed by atoms with E-state index in [1.165, 1.54) is 5.56 Å². The Bertz CT molecular complexity index is 266. The topological polar surface area (TPSA) is 49.9 Å². The number of hydrogen-bond donors (Lipinski definition) is 2. The van der Waals surface area contributed by atoms with E-state index < -0.39 is 0 Å². The zero-order valence-corrected chi connectivity index (χ0v) is 6.59. The van der Waals surface area contributed by atoms with Gasteiger partial charge in [0.25, 0.3) is 0 Å². The Balaban J connectivity index is 2.86. The molecule has 0 heterocycles. The standard InChI is InChI=1S/C9H12N2/c1-7-4-2-3-5-8(7)6-9(10)11/h2-5H,6H2,1H3,(H3,10,11). The highest BCUT2D eigenvalue weighted by atomic mass is 14.7. The average molecular weight is 148 g/mol. The maximum absolute atomic E-state index is 7.11. The summed E-state index contributed by atoms with van der Waals surface area (Å²) in [5.41, 5.74) is 7.61. The van der Waals surface area contributed by atoms with E-state index >= 15 is 0 Å². The molecule has 11 heavy (non-hydrogen) atoms. The summed E-state index contributed by atoms with van der Waals surface area (Å²) in [5, 5.41) is 7.11. The molecule has 0 aliphatic carbocycles. The molecule has 0 radical (unpaired) electrons. The van der Waals surface area contributed by atoms with Crippen molar-refractivity contribution in [3.63, 3.8) is 0 Å². The summed E-state index contributed by atoms with van der Waals surface area (Å²) >= 11 is 0. The fourth-order valence-corrected chi connectivity index (χ4v) is 1.01. The molecule has 0 aliphatic rings. The third-order valence-corrected chi connectivity index (χ3v) is 1.64. The molecule has 58 valence electrons. The van der Waals surface area contributed by atoms with Crippen LogP contribution in [0.5, 0.6) is 0 Å². The Hall–Kier alpha value is -1.31. The van der Waals surface area contributed by atoms with Crippen LogP contribution in [-0.2, 0) is 6.42 Å². The molecule has 0 saturated carbocycles. The summed E-state index contributed by atoms with van der Waals surface area (Å²) < 4.78 is 0. The molecule has 0 atom stereocenters. The quantitative estimate of drug-likeness (QED) is 0.484.